The third-order valence-electron chi connectivity index (χ3n) is 4.85. The Morgan fingerprint density at radius 3 is 2.70 bits per heavy atom. The zero-order valence-electron chi connectivity index (χ0n) is 13.1. The summed E-state index contributed by atoms with van der Waals surface area (Å²) in [4.78, 5) is 0. The van der Waals surface area contributed by atoms with Gasteiger partial charge in [-0.1, -0.05) is 63.4 Å². The van der Waals surface area contributed by atoms with Gasteiger partial charge in [-0.3, -0.25) is 0 Å². The molecule has 2 heteroatoms. The van der Waals surface area contributed by atoms with E-state index in [2.05, 4.69) is 38.2 Å². The summed E-state index contributed by atoms with van der Waals surface area (Å²) in [7, 11) is 0. The van der Waals surface area contributed by atoms with Crippen LogP contribution < -0.4 is 5.32 Å². The van der Waals surface area contributed by atoms with Crippen LogP contribution in [0.2, 0.25) is 5.02 Å². The summed E-state index contributed by atoms with van der Waals surface area (Å²) in [6.45, 7) is 8.13. The standard InChI is InChI=1S/C18H28ClN/c1-4-13-20-17(14-9-5-6-11-16(14)19)15-10-7-8-12-18(15,2)3/h5-6,9,11,15,17,20H,4,7-8,10,12-13H2,1-3H3. The second-order valence-corrected chi connectivity index (χ2v) is 7.20. The van der Waals surface area contributed by atoms with E-state index in [0.29, 0.717) is 17.4 Å². The van der Waals surface area contributed by atoms with Gasteiger partial charge in [-0.2, -0.15) is 0 Å². The minimum absolute atomic E-state index is 0.388. The number of hydrogen-bond acceptors (Lipinski definition) is 1. The molecule has 0 radical (unpaired) electrons. The molecule has 20 heavy (non-hydrogen) atoms. The van der Waals surface area contributed by atoms with Crippen LogP contribution in [0.15, 0.2) is 24.3 Å². The summed E-state index contributed by atoms with van der Waals surface area (Å²) in [6, 6.07) is 8.74. The molecule has 2 rings (SSSR count). The Bertz CT molecular complexity index is 427. The molecule has 1 aromatic carbocycles. The van der Waals surface area contributed by atoms with E-state index in [1.165, 1.54) is 31.2 Å². The van der Waals surface area contributed by atoms with Crippen LogP contribution in [0, 0.1) is 11.3 Å². The quantitative estimate of drug-likeness (QED) is 0.745. The summed E-state index contributed by atoms with van der Waals surface area (Å²) in [6.07, 6.45) is 6.51. The Balaban J connectivity index is 2.29. The van der Waals surface area contributed by atoms with E-state index in [4.69, 9.17) is 11.6 Å². The maximum absolute atomic E-state index is 6.47. The number of halogens is 1. The fraction of sp³-hybridized carbons (Fsp3) is 0.667. The van der Waals surface area contributed by atoms with Crippen LogP contribution in [-0.4, -0.2) is 6.54 Å². The molecule has 1 aliphatic rings. The summed E-state index contributed by atoms with van der Waals surface area (Å²) in [5.74, 6) is 0.669. The lowest BCUT2D eigenvalue weighted by molar-refractivity contribution is 0.0982. The highest BCUT2D eigenvalue weighted by molar-refractivity contribution is 6.31. The highest BCUT2D eigenvalue weighted by Gasteiger charge is 2.38. The molecule has 0 saturated heterocycles. The van der Waals surface area contributed by atoms with Gasteiger partial charge in [0.1, 0.15) is 0 Å². The molecule has 0 aromatic heterocycles. The third kappa shape index (κ3) is 3.56. The van der Waals surface area contributed by atoms with Crippen LogP contribution in [0.3, 0.4) is 0 Å². The number of nitrogens with one attached hydrogen (secondary N) is 1. The molecule has 2 atom stereocenters. The number of hydrogen-bond donors (Lipinski definition) is 1. The van der Waals surface area contributed by atoms with Crippen LogP contribution in [0.1, 0.15) is 64.5 Å². The van der Waals surface area contributed by atoms with Gasteiger partial charge >= 0.3 is 0 Å². The molecular formula is C18H28ClN. The second-order valence-electron chi connectivity index (χ2n) is 6.79. The van der Waals surface area contributed by atoms with Gasteiger partial charge < -0.3 is 5.32 Å². The first-order valence-corrected chi connectivity index (χ1v) is 8.42. The first kappa shape index (κ1) is 15.9. The van der Waals surface area contributed by atoms with E-state index in [1.807, 2.05) is 12.1 Å². The topological polar surface area (TPSA) is 12.0 Å². The van der Waals surface area contributed by atoms with Crippen molar-refractivity contribution in [2.75, 3.05) is 6.54 Å². The lowest BCUT2D eigenvalue weighted by Crippen LogP contribution is -2.39. The molecule has 0 bridgehead atoms. The molecule has 0 aliphatic heterocycles. The SMILES string of the molecule is CCCNC(c1ccccc1Cl)C1CCCCC1(C)C. The van der Waals surface area contributed by atoms with E-state index in [1.54, 1.807) is 0 Å². The molecule has 2 unspecified atom stereocenters. The summed E-state index contributed by atoms with van der Waals surface area (Å²) < 4.78 is 0. The molecule has 1 saturated carbocycles. The lowest BCUT2D eigenvalue weighted by atomic mass is 9.64. The van der Waals surface area contributed by atoms with Gasteiger partial charge in [-0.15, -0.1) is 0 Å². The second kappa shape index (κ2) is 6.95. The summed E-state index contributed by atoms with van der Waals surface area (Å²) in [5.41, 5.74) is 1.67. The van der Waals surface area contributed by atoms with Crippen molar-refractivity contribution in [1.29, 1.82) is 0 Å². The number of benzene rings is 1. The number of rotatable bonds is 5. The van der Waals surface area contributed by atoms with Crippen molar-refractivity contribution in [3.05, 3.63) is 34.9 Å². The Labute approximate surface area is 129 Å². The first-order valence-electron chi connectivity index (χ1n) is 8.04. The zero-order valence-corrected chi connectivity index (χ0v) is 13.8. The molecule has 0 heterocycles. The summed E-state index contributed by atoms with van der Waals surface area (Å²) in [5, 5.41) is 4.67. The molecule has 1 N–H and O–H groups in total. The predicted molar refractivity (Wildman–Crippen MR) is 88.2 cm³/mol. The van der Waals surface area contributed by atoms with E-state index < -0.39 is 0 Å². The summed E-state index contributed by atoms with van der Waals surface area (Å²) >= 11 is 6.47. The Kier molecular flexibility index (Phi) is 5.51. The molecule has 1 fully saturated rings. The normalized spacial score (nSPS) is 23.5. The van der Waals surface area contributed by atoms with E-state index in [0.717, 1.165) is 18.0 Å². The Morgan fingerprint density at radius 2 is 2.05 bits per heavy atom. The smallest absolute Gasteiger partial charge is 0.0453 e. The van der Waals surface area contributed by atoms with Crippen molar-refractivity contribution >= 4 is 11.6 Å². The van der Waals surface area contributed by atoms with Gasteiger partial charge in [0, 0.05) is 11.1 Å². The largest absolute Gasteiger partial charge is 0.310 e. The first-order chi connectivity index (χ1) is 9.56. The van der Waals surface area contributed by atoms with Gasteiger partial charge in [0.2, 0.25) is 0 Å². The van der Waals surface area contributed by atoms with Crippen LogP contribution >= 0.6 is 11.6 Å². The maximum atomic E-state index is 6.47. The van der Waals surface area contributed by atoms with Crippen LogP contribution in [-0.2, 0) is 0 Å². The molecule has 1 nitrogen and oxygen atoms in total. The van der Waals surface area contributed by atoms with Crippen molar-refractivity contribution in [1.82, 2.24) is 5.32 Å². The fourth-order valence-electron chi connectivity index (χ4n) is 3.63. The molecule has 1 aromatic rings. The van der Waals surface area contributed by atoms with Crippen LogP contribution in [0.5, 0.6) is 0 Å². The van der Waals surface area contributed by atoms with E-state index >= 15 is 0 Å². The van der Waals surface area contributed by atoms with Crippen molar-refractivity contribution in [2.24, 2.45) is 11.3 Å². The monoisotopic (exact) mass is 293 g/mol. The van der Waals surface area contributed by atoms with Crippen molar-refractivity contribution < 1.29 is 0 Å². The van der Waals surface area contributed by atoms with E-state index in [9.17, 15) is 0 Å². The average molecular weight is 294 g/mol. The molecule has 1 aliphatic carbocycles. The van der Waals surface area contributed by atoms with Crippen molar-refractivity contribution in [2.45, 2.75) is 58.9 Å². The average Bonchev–Trinajstić information content (AvgIpc) is 2.42. The van der Waals surface area contributed by atoms with Crippen LogP contribution in [0.25, 0.3) is 0 Å². The van der Waals surface area contributed by atoms with Gasteiger partial charge in [0.05, 0.1) is 0 Å². The highest BCUT2D eigenvalue weighted by Crippen LogP contribution is 2.47. The highest BCUT2D eigenvalue weighted by atomic mass is 35.5. The fourth-order valence-corrected chi connectivity index (χ4v) is 3.89. The van der Waals surface area contributed by atoms with Gasteiger partial charge in [-0.25, -0.2) is 0 Å². The molecule has 112 valence electrons. The minimum atomic E-state index is 0.388. The predicted octanol–water partition coefficient (Wildman–Crippen LogP) is 5.60. The Morgan fingerprint density at radius 1 is 1.30 bits per heavy atom. The van der Waals surface area contributed by atoms with Gasteiger partial charge in [0.25, 0.3) is 0 Å². The minimum Gasteiger partial charge on any atom is -0.310 e. The molecule has 0 amide bonds. The molecular weight excluding hydrogens is 266 g/mol. The van der Waals surface area contributed by atoms with Crippen LogP contribution in [0.4, 0.5) is 0 Å². The Hall–Kier alpha value is -0.530. The lowest BCUT2D eigenvalue weighted by Gasteiger charge is -2.44. The maximum Gasteiger partial charge on any atom is 0.0453 e. The molecule has 0 spiro atoms. The zero-order chi connectivity index (χ0) is 14.6. The van der Waals surface area contributed by atoms with Crippen molar-refractivity contribution in [3.63, 3.8) is 0 Å². The van der Waals surface area contributed by atoms with E-state index in [-0.39, 0.29) is 0 Å². The van der Waals surface area contributed by atoms with Gasteiger partial charge in [0.15, 0.2) is 0 Å². The van der Waals surface area contributed by atoms with Gasteiger partial charge in [-0.05, 0) is 48.8 Å². The van der Waals surface area contributed by atoms with Crippen molar-refractivity contribution in [3.8, 4) is 0 Å². The third-order valence-corrected chi connectivity index (χ3v) is 5.19.